The van der Waals surface area contributed by atoms with Gasteiger partial charge in [0.05, 0.1) is 0 Å². The predicted molar refractivity (Wildman–Crippen MR) is 79.1 cm³/mol. The summed E-state index contributed by atoms with van der Waals surface area (Å²) >= 11 is 0. The molecule has 2 aliphatic carbocycles. The summed E-state index contributed by atoms with van der Waals surface area (Å²) < 4.78 is 0. The third-order valence-electron chi connectivity index (χ3n) is 4.84. The van der Waals surface area contributed by atoms with Crippen LogP contribution in [0.2, 0.25) is 11.1 Å². The molecular weight excluding hydrogens is 222 g/mol. The molecule has 1 N–H and O–H groups in total. The van der Waals surface area contributed by atoms with Gasteiger partial charge in [-0.3, -0.25) is 0 Å². The Morgan fingerprint density at radius 2 is 1.18 bits per heavy atom. The van der Waals surface area contributed by atoms with Crippen molar-refractivity contribution in [2.24, 2.45) is 0 Å². The lowest BCUT2D eigenvalue weighted by Crippen LogP contribution is -2.47. The van der Waals surface area contributed by atoms with Crippen molar-refractivity contribution in [3.8, 4) is 0 Å². The number of hydrogen-bond donors (Lipinski definition) is 1. The Bertz CT molecular complexity index is 187. The van der Waals surface area contributed by atoms with E-state index in [1.54, 1.807) is 25.7 Å². The van der Waals surface area contributed by atoms with Gasteiger partial charge in [-0.2, -0.15) is 0 Å². The summed E-state index contributed by atoms with van der Waals surface area (Å²) in [7, 11) is -0.704. The van der Waals surface area contributed by atoms with Gasteiger partial charge in [0.15, 0.2) is 0 Å². The summed E-state index contributed by atoms with van der Waals surface area (Å²) in [6.07, 6.45) is 15.3. The van der Waals surface area contributed by atoms with Gasteiger partial charge in [0.1, 0.15) is 8.96 Å². The first-order valence-corrected chi connectivity index (χ1v) is 9.94. The molecule has 2 heteroatoms. The summed E-state index contributed by atoms with van der Waals surface area (Å²) in [6, 6.07) is 0.718. The van der Waals surface area contributed by atoms with Crippen molar-refractivity contribution in [1.29, 1.82) is 0 Å². The molecule has 0 heterocycles. The summed E-state index contributed by atoms with van der Waals surface area (Å²) in [5.41, 5.74) is 2.24. The highest BCUT2D eigenvalue weighted by molar-refractivity contribution is 6.59. The highest BCUT2D eigenvalue weighted by atomic mass is 28.3. The Balaban J connectivity index is 1.95. The van der Waals surface area contributed by atoms with Crippen molar-refractivity contribution in [3.05, 3.63) is 0 Å². The van der Waals surface area contributed by atoms with E-state index in [0.29, 0.717) is 0 Å². The molecule has 0 radical (unpaired) electrons. The first-order valence-electron chi connectivity index (χ1n) is 8.03. The standard InChI is InChI=1S/C15H31NSi/c1-13(2)16-17(14-9-5-3-6-10-14)15-11-7-4-8-12-15/h13-17H,3-12H2,1-2H3. The number of nitrogens with one attached hydrogen (secondary N) is 1. The highest BCUT2D eigenvalue weighted by Crippen LogP contribution is 2.40. The highest BCUT2D eigenvalue weighted by Gasteiger charge is 2.33. The van der Waals surface area contributed by atoms with Crippen molar-refractivity contribution in [1.82, 2.24) is 4.98 Å². The molecule has 2 aliphatic rings. The average Bonchev–Trinajstić information content (AvgIpc) is 2.38. The van der Waals surface area contributed by atoms with E-state index in [9.17, 15) is 0 Å². The second-order valence-electron chi connectivity index (χ2n) is 6.64. The summed E-state index contributed by atoms with van der Waals surface area (Å²) in [4.78, 5) is 4.06. The van der Waals surface area contributed by atoms with Gasteiger partial charge in [-0.15, -0.1) is 0 Å². The first-order chi connectivity index (χ1) is 8.27. The molecule has 0 atom stereocenters. The van der Waals surface area contributed by atoms with Crippen LogP contribution in [-0.4, -0.2) is 15.0 Å². The van der Waals surface area contributed by atoms with E-state index in [2.05, 4.69) is 18.8 Å². The molecule has 2 rings (SSSR count). The molecule has 0 saturated heterocycles. The predicted octanol–water partition coefficient (Wildman–Crippen LogP) is 4.38. The van der Waals surface area contributed by atoms with Crippen molar-refractivity contribution in [3.63, 3.8) is 0 Å². The van der Waals surface area contributed by atoms with E-state index in [0.717, 1.165) is 17.1 Å². The maximum absolute atomic E-state index is 4.06. The molecule has 0 aromatic rings. The Labute approximate surface area is 109 Å². The summed E-state index contributed by atoms with van der Waals surface area (Å²) in [5.74, 6) is 0. The normalized spacial score (nSPS) is 24.7. The van der Waals surface area contributed by atoms with Crippen LogP contribution in [-0.2, 0) is 0 Å². The zero-order valence-electron chi connectivity index (χ0n) is 11.9. The third kappa shape index (κ3) is 4.10. The lowest BCUT2D eigenvalue weighted by Gasteiger charge is -2.38. The zero-order valence-corrected chi connectivity index (χ0v) is 13.0. The molecular formula is C15H31NSi. The molecule has 2 saturated carbocycles. The fourth-order valence-corrected chi connectivity index (χ4v) is 8.49. The molecule has 2 fully saturated rings. The van der Waals surface area contributed by atoms with Crippen LogP contribution in [0.25, 0.3) is 0 Å². The lowest BCUT2D eigenvalue weighted by atomic mass is 9.99. The molecule has 0 amide bonds. The topological polar surface area (TPSA) is 12.0 Å². The molecule has 0 spiro atoms. The molecule has 0 aliphatic heterocycles. The lowest BCUT2D eigenvalue weighted by molar-refractivity contribution is 0.451. The smallest absolute Gasteiger partial charge is 0.115 e. The fourth-order valence-electron chi connectivity index (χ4n) is 4.03. The second kappa shape index (κ2) is 6.94. The molecule has 17 heavy (non-hydrogen) atoms. The largest absolute Gasteiger partial charge is 0.337 e. The van der Waals surface area contributed by atoms with Crippen molar-refractivity contribution >= 4 is 8.96 Å². The molecule has 100 valence electrons. The minimum atomic E-state index is -0.704. The van der Waals surface area contributed by atoms with E-state index in [1.807, 2.05) is 0 Å². The van der Waals surface area contributed by atoms with Crippen LogP contribution in [0.1, 0.15) is 78.1 Å². The van der Waals surface area contributed by atoms with Crippen LogP contribution in [0.4, 0.5) is 0 Å². The monoisotopic (exact) mass is 253 g/mol. The van der Waals surface area contributed by atoms with Gasteiger partial charge in [0.25, 0.3) is 0 Å². The van der Waals surface area contributed by atoms with Gasteiger partial charge in [0.2, 0.25) is 0 Å². The molecule has 0 bridgehead atoms. The first kappa shape index (κ1) is 13.6. The minimum absolute atomic E-state index is 0.704. The number of hydrogen-bond acceptors (Lipinski definition) is 1. The molecule has 1 nitrogen and oxygen atoms in total. The van der Waals surface area contributed by atoms with Crippen LogP contribution >= 0.6 is 0 Å². The van der Waals surface area contributed by atoms with E-state index < -0.39 is 8.96 Å². The van der Waals surface area contributed by atoms with Gasteiger partial charge in [-0.1, -0.05) is 78.1 Å². The summed E-state index contributed by atoms with van der Waals surface area (Å²) in [5, 5.41) is 0. The van der Waals surface area contributed by atoms with Crippen LogP contribution < -0.4 is 4.98 Å². The van der Waals surface area contributed by atoms with Gasteiger partial charge < -0.3 is 4.98 Å². The van der Waals surface area contributed by atoms with Crippen LogP contribution in [0, 0.1) is 0 Å². The van der Waals surface area contributed by atoms with Crippen LogP contribution in [0.3, 0.4) is 0 Å². The maximum atomic E-state index is 4.06. The Morgan fingerprint density at radius 1 is 0.765 bits per heavy atom. The molecule has 0 aromatic carbocycles. The number of rotatable bonds is 4. The van der Waals surface area contributed by atoms with E-state index in [4.69, 9.17) is 0 Å². The second-order valence-corrected chi connectivity index (χ2v) is 9.91. The van der Waals surface area contributed by atoms with Gasteiger partial charge in [-0.05, 0) is 17.1 Å². The minimum Gasteiger partial charge on any atom is -0.337 e. The van der Waals surface area contributed by atoms with Crippen LogP contribution in [0.5, 0.6) is 0 Å². The fraction of sp³-hybridized carbons (Fsp3) is 1.00. The Hall–Kier alpha value is 0.177. The molecule has 0 aromatic heterocycles. The van der Waals surface area contributed by atoms with Crippen LogP contribution in [0.15, 0.2) is 0 Å². The maximum Gasteiger partial charge on any atom is 0.115 e. The van der Waals surface area contributed by atoms with E-state index >= 15 is 0 Å². The zero-order chi connectivity index (χ0) is 12.1. The molecule has 0 unspecified atom stereocenters. The Morgan fingerprint density at radius 3 is 1.53 bits per heavy atom. The quantitative estimate of drug-likeness (QED) is 0.733. The van der Waals surface area contributed by atoms with Crippen molar-refractivity contribution < 1.29 is 0 Å². The van der Waals surface area contributed by atoms with Crippen molar-refractivity contribution in [2.75, 3.05) is 0 Å². The average molecular weight is 254 g/mol. The van der Waals surface area contributed by atoms with E-state index in [-0.39, 0.29) is 0 Å². The third-order valence-corrected chi connectivity index (χ3v) is 9.26. The van der Waals surface area contributed by atoms with Gasteiger partial charge in [-0.25, -0.2) is 0 Å². The van der Waals surface area contributed by atoms with E-state index in [1.165, 1.54) is 38.5 Å². The van der Waals surface area contributed by atoms with Crippen molar-refractivity contribution in [2.45, 2.75) is 95.2 Å². The summed E-state index contributed by atoms with van der Waals surface area (Å²) in [6.45, 7) is 4.71. The Kier molecular flexibility index (Phi) is 5.55. The SMILES string of the molecule is CC(C)N[SiH](C1CCCCC1)C1CCCCC1. The van der Waals surface area contributed by atoms with Gasteiger partial charge in [0, 0.05) is 0 Å². The van der Waals surface area contributed by atoms with Gasteiger partial charge >= 0.3 is 0 Å².